The summed E-state index contributed by atoms with van der Waals surface area (Å²) in [6.07, 6.45) is 0. The van der Waals surface area contributed by atoms with Gasteiger partial charge in [0, 0.05) is 10.5 Å². The summed E-state index contributed by atoms with van der Waals surface area (Å²) in [6.45, 7) is -0.226. The lowest BCUT2D eigenvalue weighted by Gasteiger charge is -2.09. The third-order valence-electron chi connectivity index (χ3n) is 2.37. The van der Waals surface area contributed by atoms with E-state index in [0.717, 1.165) is 4.47 Å². The predicted octanol–water partition coefficient (Wildman–Crippen LogP) is 4.26. The van der Waals surface area contributed by atoms with Gasteiger partial charge in [-0.1, -0.05) is 33.6 Å². The van der Waals surface area contributed by atoms with Crippen LogP contribution in [0.3, 0.4) is 0 Å². The van der Waals surface area contributed by atoms with Gasteiger partial charge >= 0.3 is 0 Å². The molecule has 0 saturated heterocycles. The minimum atomic E-state index is -0.418. The van der Waals surface area contributed by atoms with Crippen LogP contribution in [0.1, 0.15) is 0 Å². The highest BCUT2D eigenvalue weighted by molar-refractivity contribution is 9.10. The molecule has 2 rings (SSSR count). The zero-order chi connectivity index (χ0) is 14.5. The molecule has 0 aliphatic carbocycles. The third-order valence-corrected chi connectivity index (χ3v) is 3.18. The van der Waals surface area contributed by atoms with E-state index in [1.54, 1.807) is 24.3 Å². The van der Waals surface area contributed by atoms with Gasteiger partial charge in [-0.25, -0.2) is 4.39 Å². The highest BCUT2D eigenvalue weighted by atomic mass is 79.9. The Kier molecular flexibility index (Phi) is 4.98. The molecule has 1 amide bonds. The topological polar surface area (TPSA) is 38.3 Å². The van der Waals surface area contributed by atoms with Crippen molar-refractivity contribution in [2.45, 2.75) is 0 Å². The SMILES string of the molecule is O=C(COc1cccc(F)c1)Nc1ccc(Br)cc1Cl. The third kappa shape index (κ3) is 4.21. The molecule has 0 heterocycles. The first-order valence-corrected chi connectivity index (χ1v) is 6.85. The molecule has 0 saturated carbocycles. The highest BCUT2D eigenvalue weighted by Crippen LogP contribution is 2.25. The van der Waals surface area contributed by atoms with E-state index in [9.17, 15) is 9.18 Å². The molecule has 1 N–H and O–H groups in total. The van der Waals surface area contributed by atoms with E-state index in [1.807, 2.05) is 0 Å². The van der Waals surface area contributed by atoms with E-state index in [1.165, 1.54) is 18.2 Å². The Morgan fingerprint density at radius 2 is 2.10 bits per heavy atom. The molecule has 0 bridgehead atoms. The monoisotopic (exact) mass is 357 g/mol. The first-order valence-electron chi connectivity index (χ1n) is 5.68. The average Bonchev–Trinajstić information content (AvgIpc) is 2.40. The van der Waals surface area contributed by atoms with Crippen molar-refractivity contribution < 1.29 is 13.9 Å². The van der Waals surface area contributed by atoms with Crippen LogP contribution in [0.4, 0.5) is 10.1 Å². The molecule has 0 aliphatic heterocycles. The maximum atomic E-state index is 12.9. The normalized spacial score (nSPS) is 10.2. The molecule has 0 radical (unpaired) electrons. The Hall–Kier alpha value is -1.59. The van der Waals surface area contributed by atoms with Crippen LogP contribution in [0, 0.1) is 5.82 Å². The van der Waals surface area contributed by atoms with Gasteiger partial charge in [0.25, 0.3) is 5.91 Å². The van der Waals surface area contributed by atoms with Gasteiger partial charge in [0.05, 0.1) is 10.7 Å². The molecule has 0 fully saturated rings. The van der Waals surface area contributed by atoms with Gasteiger partial charge in [-0.3, -0.25) is 4.79 Å². The van der Waals surface area contributed by atoms with E-state index in [2.05, 4.69) is 21.2 Å². The summed E-state index contributed by atoms with van der Waals surface area (Å²) in [6, 6.07) is 10.7. The molecule has 20 heavy (non-hydrogen) atoms. The van der Waals surface area contributed by atoms with Crippen molar-refractivity contribution in [3.05, 3.63) is 57.8 Å². The lowest BCUT2D eigenvalue weighted by molar-refractivity contribution is -0.118. The van der Waals surface area contributed by atoms with Gasteiger partial charge in [-0.05, 0) is 30.3 Å². The van der Waals surface area contributed by atoms with Crippen molar-refractivity contribution in [3.8, 4) is 5.75 Å². The number of amides is 1. The highest BCUT2D eigenvalue weighted by Gasteiger charge is 2.07. The van der Waals surface area contributed by atoms with Crippen molar-refractivity contribution in [1.29, 1.82) is 0 Å². The quantitative estimate of drug-likeness (QED) is 0.887. The predicted molar refractivity (Wildman–Crippen MR) is 79.7 cm³/mol. The molecule has 2 aromatic rings. The fourth-order valence-electron chi connectivity index (χ4n) is 1.48. The summed E-state index contributed by atoms with van der Waals surface area (Å²) in [5, 5.41) is 3.03. The van der Waals surface area contributed by atoms with E-state index in [-0.39, 0.29) is 12.5 Å². The zero-order valence-corrected chi connectivity index (χ0v) is 12.5. The smallest absolute Gasteiger partial charge is 0.262 e. The number of hydrogen-bond donors (Lipinski definition) is 1. The lowest BCUT2D eigenvalue weighted by Crippen LogP contribution is -2.20. The Balaban J connectivity index is 1.92. The molecule has 0 aliphatic rings. The second kappa shape index (κ2) is 6.72. The first kappa shape index (κ1) is 14.8. The minimum absolute atomic E-state index is 0.226. The van der Waals surface area contributed by atoms with Gasteiger partial charge in [-0.15, -0.1) is 0 Å². The van der Waals surface area contributed by atoms with Crippen molar-refractivity contribution in [1.82, 2.24) is 0 Å². The second-order valence-corrected chi connectivity index (χ2v) is 5.24. The maximum absolute atomic E-state index is 12.9. The summed E-state index contributed by atoms with van der Waals surface area (Å²) in [7, 11) is 0. The van der Waals surface area contributed by atoms with E-state index >= 15 is 0 Å². The summed E-state index contributed by atoms with van der Waals surface area (Å²) in [5.74, 6) is -0.501. The molecule has 2 aromatic carbocycles. The number of hydrogen-bond acceptors (Lipinski definition) is 2. The van der Waals surface area contributed by atoms with E-state index in [0.29, 0.717) is 16.5 Å². The van der Waals surface area contributed by atoms with Crippen molar-refractivity contribution >= 4 is 39.1 Å². The number of halogens is 3. The Morgan fingerprint density at radius 3 is 2.80 bits per heavy atom. The molecule has 0 aromatic heterocycles. The van der Waals surface area contributed by atoms with Crippen LogP contribution in [0.2, 0.25) is 5.02 Å². The molecule has 0 spiro atoms. The van der Waals surface area contributed by atoms with Crippen LogP contribution in [0.25, 0.3) is 0 Å². The molecule has 6 heteroatoms. The molecular weight excluding hydrogens is 349 g/mol. The average molecular weight is 359 g/mol. The van der Waals surface area contributed by atoms with Crippen LogP contribution < -0.4 is 10.1 Å². The largest absolute Gasteiger partial charge is 0.484 e. The number of nitrogens with one attached hydrogen (secondary N) is 1. The molecule has 0 atom stereocenters. The fourth-order valence-corrected chi connectivity index (χ4v) is 2.20. The summed E-state index contributed by atoms with van der Waals surface area (Å²) in [4.78, 5) is 11.7. The number of carbonyl (C=O) groups is 1. The Labute approximate surface area is 128 Å². The van der Waals surface area contributed by atoms with Crippen molar-refractivity contribution in [2.75, 3.05) is 11.9 Å². The van der Waals surface area contributed by atoms with Crippen LogP contribution in [-0.4, -0.2) is 12.5 Å². The lowest BCUT2D eigenvalue weighted by atomic mass is 10.3. The van der Waals surface area contributed by atoms with Crippen LogP contribution >= 0.6 is 27.5 Å². The maximum Gasteiger partial charge on any atom is 0.262 e. The number of benzene rings is 2. The Bertz CT molecular complexity index is 636. The molecule has 3 nitrogen and oxygen atoms in total. The zero-order valence-electron chi connectivity index (χ0n) is 10.2. The molecular formula is C14H10BrClFNO2. The molecule has 0 unspecified atom stereocenters. The van der Waals surface area contributed by atoms with Crippen LogP contribution in [-0.2, 0) is 4.79 Å². The Morgan fingerprint density at radius 1 is 1.30 bits per heavy atom. The van der Waals surface area contributed by atoms with Gasteiger partial charge in [0.15, 0.2) is 6.61 Å². The van der Waals surface area contributed by atoms with Crippen LogP contribution in [0.5, 0.6) is 5.75 Å². The number of ether oxygens (including phenoxy) is 1. The minimum Gasteiger partial charge on any atom is -0.484 e. The first-order chi connectivity index (χ1) is 9.54. The van der Waals surface area contributed by atoms with Gasteiger partial charge in [0.1, 0.15) is 11.6 Å². The van der Waals surface area contributed by atoms with Crippen molar-refractivity contribution in [3.63, 3.8) is 0 Å². The molecule has 104 valence electrons. The van der Waals surface area contributed by atoms with E-state index < -0.39 is 5.82 Å². The summed E-state index contributed by atoms with van der Waals surface area (Å²) in [5.41, 5.74) is 0.489. The number of anilines is 1. The van der Waals surface area contributed by atoms with Crippen LogP contribution in [0.15, 0.2) is 46.9 Å². The number of rotatable bonds is 4. The summed E-state index contributed by atoms with van der Waals surface area (Å²) < 4.78 is 18.9. The van der Waals surface area contributed by atoms with Gasteiger partial charge in [-0.2, -0.15) is 0 Å². The fraction of sp³-hybridized carbons (Fsp3) is 0.0714. The standard InChI is InChI=1S/C14H10BrClFNO2/c15-9-4-5-13(12(16)6-9)18-14(19)8-20-11-3-1-2-10(17)7-11/h1-7H,8H2,(H,18,19). The van der Waals surface area contributed by atoms with Gasteiger partial charge < -0.3 is 10.1 Å². The summed E-state index contributed by atoms with van der Waals surface area (Å²) >= 11 is 9.25. The van der Waals surface area contributed by atoms with Gasteiger partial charge in [0.2, 0.25) is 0 Å². The van der Waals surface area contributed by atoms with E-state index in [4.69, 9.17) is 16.3 Å². The van der Waals surface area contributed by atoms with Crippen molar-refractivity contribution in [2.24, 2.45) is 0 Å². The second-order valence-electron chi connectivity index (χ2n) is 3.92. The number of carbonyl (C=O) groups excluding carboxylic acids is 1.